The zero-order valence-corrected chi connectivity index (χ0v) is 21.6. The van der Waals surface area contributed by atoms with Crippen LogP contribution in [0, 0.1) is 6.92 Å². The predicted octanol–water partition coefficient (Wildman–Crippen LogP) is 5.81. The van der Waals surface area contributed by atoms with Crippen molar-refractivity contribution >= 4 is 37.7 Å². The number of hydrogen-bond donors (Lipinski definition) is 0. The van der Waals surface area contributed by atoms with Crippen LogP contribution in [-0.2, 0) is 14.8 Å². The minimum Gasteiger partial charge on any atom is -0.493 e. The van der Waals surface area contributed by atoms with Gasteiger partial charge in [-0.05, 0) is 42.0 Å². The zero-order valence-electron chi connectivity index (χ0n) is 20.8. The van der Waals surface area contributed by atoms with E-state index >= 15 is 0 Å². The Hall–Kier alpha value is -4.30. The molecule has 8 heteroatoms. The van der Waals surface area contributed by atoms with Gasteiger partial charge in [-0.2, -0.15) is 0 Å². The lowest BCUT2D eigenvalue weighted by molar-refractivity contribution is 0.0602. The summed E-state index contributed by atoms with van der Waals surface area (Å²) >= 11 is 0. The lowest BCUT2D eigenvalue weighted by atomic mass is 9.95. The van der Waals surface area contributed by atoms with Gasteiger partial charge in [0.1, 0.15) is 0 Å². The fraction of sp³-hybridized carbons (Fsp3) is 0.138. The number of methoxy groups -OCH3 is 3. The minimum absolute atomic E-state index is 0.101. The Morgan fingerprint density at radius 2 is 1.54 bits per heavy atom. The van der Waals surface area contributed by atoms with Crippen LogP contribution in [0.15, 0.2) is 83.9 Å². The topological polar surface area (TPSA) is 83.8 Å². The number of fused-ring (bicyclic) bond motifs is 2. The van der Waals surface area contributed by atoms with Crippen molar-refractivity contribution in [2.75, 3.05) is 21.3 Å². The fourth-order valence-electron chi connectivity index (χ4n) is 4.66. The Bertz CT molecular complexity index is 1770. The van der Waals surface area contributed by atoms with E-state index in [1.54, 1.807) is 49.6 Å². The first-order valence-electron chi connectivity index (χ1n) is 11.5. The molecule has 0 aliphatic heterocycles. The molecule has 0 saturated carbocycles. The van der Waals surface area contributed by atoms with Crippen LogP contribution in [0.3, 0.4) is 0 Å². The van der Waals surface area contributed by atoms with Crippen molar-refractivity contribution in [2.45, 2.75) is 11.8 Å². The lowest BCUT2D eigenvalue weighted by Gasteiger charge is -2.16. The quantitative estimate of drug-likeness (QED) is 0.265. The van der Waals surface area contributed by atoms with E-state index in [0.29, 0.717) is 28.0 Å². The van der Waals surface area contributed by atoms with Gasteiger partial charge in [-0.3, -0.25) is 0 Å². The second-order valence-electron chi connectivity index (χ2n) is 8.56. The summed E-state index contributed by atoms with van der Waals surface area (Å²) in [5.74, 6) is 0.317. The molecule has 5 aromatic rings. The highest BCUT2D eigenvalue weighted by atomic mass is 32.2. The van der Waals surface area contributed by atoms with Crippen LogP contribution in [0.4, 0.5) is 0 Å². The van der Waals surface area contributed by atoms with Gasteiger partial charge in [0.2, 0.25) is 0 Å². The van der Waals surface area contributed by atoms with Crippen LogP contribution < -0.4 is 9.47 Å². The second kappa shape index (κ2) is 9.29. The summed E-state index contributed by atoms with van der Waals surface area (Å²) in [7, 11) is 0.273. The van der Waals surface area contributed by atoms with Crippen LogP contribution in [0.25, 0.3) is 32.8 Å². The number of rotatable bonds is 6. The van der Waals surface area contributed by atoms with Crippen molar-refractivity contribution in [3.63, 3.8) is 0 Å². The molecule has 1 heterocycles. The summed E-state index contributed by atoms with van der Waals surface area (Å²) < 4.78 is 45.5. The molecule has 5 rings (SSSR count). The first-order valence-corrected chi connectivity index (χ1v) is 12.9. The molecular formula is C29H25NO6S. The number of para-hydroxylation sites is 1. The number of hydrogen-bond acceptors (Lipinski definition) is 6. The van der Waals surface area contributed by atoms with Gasteiger partial charge in [0.25, 0.3) is 10.0 Å². The number of aromatic nitrogens is 1. The van der Waals surface area contributed by atoms with E-state index in [9.17, 15) is 13.2 Å². The summed E-state index contributed by atoms with van der Waals surface area (Å²) in [5, 5.41) is 2.28. The van der Waals surface area contributed by atoms with Crippen molar-refractivity contribution in [3.05, 3.63) is 90.1 Å². The Morgan fingerprint density at radius 3 is 2.22 bits per heavy atom. The molecule has 0 amide bonds. The molecule has 37 heavy (non-hydrogen) atoms. The third kappa shape index (κ3) is 3.90. The van der Waals surface area contributed by atoms with E-state index in [2.05, 4.69) is 0 Å². The Balaban J connectivity index is 1.95. The molecule has 0 atom stereocenters. The molecule has 0 aliphatic carbocycles. The normalized spacial score (nSPS) is 11.6. The summed E-state index contributed by atoms with van der Waals surface area (Å²) in [4.78, 5) is 12.9. The van der Waals surface area contributed by atoms with Gasteiger partial charge in [-0.25, -0.2) is 17.2 Å². The van der Waals surface area contributed by atoms with E-state index in [-0.39, 0.29) is 16.0 Å². The maximum Gasteiger partial charge on any atom is 0.340 e. The number of nitrogens with zero attached hydrogens (tertiary/aromatic N) is 1. The van der Waals surface area contributed by atoms with E-state index in [4.69, 9.17) is 14.2 Å². The molecule has 188 valence electrons. The number of esters is 1. The molecule has 0 aliphatic rings. The molecular weight excluding hydrogens is 490 g/mol. The van der Waals surface area contributed by atoms with Gasteiger partial charge in [-0.15, -0.1) is 0 Å². The molecule has 0 radical (unpaired) electrons. The van der Waals surface area contributed by atoms with Crippen molar-refractivity contribution in [2.24, 2.45) is 0 Å². The van der Waals surface area contributed by atoms with E-state index in [1.807, 2.05) is 37.3 Å². The van der Waals surface area contributed by atoms with Crippen molar-refractivity contribution in [3.8, 4) is 22.6 Å². The molecule has 0 spiro atoms. The number of carbonyl (C=O) groups is 1. The lowest BCUT2D eigenvalue weighted by Crippen LogP contribution is -2.14. The van der Waals surface area contributed by atoms with Crippen molar-refractivity contribution in [1.29, 1.82) is 0 Å². The standard InChI is InChI=1S/C29H25NO6S/c1-18-12-14-20(15-13-18)37(32,33)30-17-24(22-10-7-11-23(27(22)30)29(31)36-4)26-21-9-6-5-8-19(21)16-25(34-2)28(26)35-3/h5-17H,1-4H3. The summed E-state index contributed by atoms with van der Waals surface area (Å²) in [6.45, 7) is 1.88. The van der Waals surface area contributed by atoms with Gasteiger partial charge in [0, 0.05) is 22.7 Å². The smallest absolute Gasteiger partial charge is 0.340 e. The molecule has 4 aromatic carbocycles. The zero-order chi connectivity index (χ0) is 26.3. The predicted molar refractivity (Wildman–Crippen MR) is 143 cm³/mol. The van der Waals surface area contributed by atoms with Crippen molar-refractivity contribution in [1.82, 2.24) is 3.97 Å². The number of benzene rings is 4. The van der Waals surface area contributed by atoms with Crippen LogP contribution in [-0.4, -0.2) is 39.7 Å². The average Bonchev–Trinajstić information content (AvgIpc) is 3.32. The highest BCUT2D eigenvalue weighted by Gasteiger charge is 2.28. The number of aryl methyl sites for hydroxylation is 1. The average molecular weight is 516 g/mol. The number of carbonyl (C=O) groups excluding carboxylic acids is 1. The van der Waals surface area contributed by atoms with Gasteiger partial charge in [0.15, 0.2) is 11.5 Å². The monoisotopic (exact) mass is 515 g/mol. The summed E-state index contributed by atoms with van der Waals surface area (Å²) in [6.07, 6.45) is 1.54. The second-order valence-corrected chi connectivity index (χ2v) is 10.4. The molecule has 0 saturated heterocycles. The van der Waals surface area contributed by atoms with Crippen LogP contribution in [0.1, 0.15) is 15.9 Å². The van der Waals surface area contributed by atoms with Crippen LogP contribution >= 0.6 is 0 Å². The summed E-state index contributed by atoms with van der Waals surface area (Å²) in [5.41, 5.74) is 2.51. The first kappa shape index (κ1) is 24.4. The Labute approximate surface area is 214 Å². The Morgan fingerprint density at radius 1 is 0.838 bits per heavy atom. The van der Waals surface area contributed by atoms with E-state index in [1.165, 1.54) is 20.4 Å². The van der Waals surface area contributed by atoms with Crippen LogP contribution in [0.5, 0.6) is 11.5 Å². The number of ether oxygens (including phenoxy) is 3. The SMILES string of the molecule is COC(=O)c1cccc2c(-c3c(OC)c(OC)cc4ccccc34)cn(S(=O)(=O)c3ccc(C)cc3)c12. The largest absolute Gasteiger partial charge is 0.493 e. The highest BCUT2D eigenvalue weighted by Crippen LogP contribution is 2.47. The molecule has 1 aromatic heterocycles. The van der Waals surface area contributed by atoms with Crippen molar-refractivity contribution < 1.29 is 27.4 Å². The molecule has 0 fully saturated rings. The van der Waals surface area contributed by atoms with Gasteiger partial charge in [-0.1, -0.05) is 54.1 Å². The maximum atomic E-state index is 14.0. The third-order valence-electron chi connectivity index (χ3n) is 6.44. The maximum absolute atomic E-state index is 14.0. The third-order valence-corrected chi connectivity index (χ3v) is 8.11. The molecule has 0 bridgehead atoms. The fourth-order valence-corrected chi connectivity index (χ4v) is 6.05. The van der Waals surface area contributed by atoms with Gasteiger partial charge >= 0.3 is 5.97 Å². The molecule has 0 N–H and O–H groups in total. The summed E-state index contributed by atoms with van der Waals surface area (Å²) in [6, 6.07) is 21.2. The van der Waals surface area contributed by atoms with Gasteiger partial charge < -0.3 is 14.2 Å². The van der Waals surface area contributed by atoms with E-state index in [0.717, 1.165) is 20.3 Å². The first-order chi connectivity index (χ1) is 17.8. The molecule has 7 nitrogen and oxygen atoms in total. The van der Waals surface area contributed by atoms with Gasteiger partial charge in [0.05, 0.1) is 37.3 Å². The van der Waals surface area contributed by atoms with E-state index < -0.39 is 16.0 Å². The van der Waals surface area contributed by atoms with Crippen LogP contribution in [0.2, 0.25) is 0 Å². The Kier molecular flexibility index (Phi) is 6.13. The molecule has 0 unspecified atom stereocenters. The minimum atomic E-state index is -4.09. The highest BCUT2D eigenvalue weighted by molar-refractivity contribution is 7.90.